The molecule has 2 fully saturated rings. The number of rotatable bonds is 11. The lowest BCUT2D eigenvalue weighted by atomic mass is 9.79. The number of unbranched alkanes of at least 4 members (excludes halogenated alkanes) is 1. The van der Waals surface area contributed by atoms with Crippen molar-refractivity contribution in [2.24, 2.45) is 5.92 Å². The van der Waals surface area contributed by atoms with Crippen LogP contribution in [0.15, 0.2) is 24.3 Å². The normalized spacial score (nSPS) is 19.5. The number of nitrogens with zero attached hydrogens (tertiary/aromatic N) is 3. The Bertz CT molecular complexity index is 1200. The predicted octanol–water partition coefficient (Wildman–Crippen LogP) is 3.27. The summed E-state index contributed by atoms with van der Waals surface area (Å²) >= 11 is 0. The maximum Gasteiger partial charge on any atom is 0.251 e. The number of aromatic nitrogens is 2. The van der Waals surface area contributed by atoms with E-state index in [9.17, 15) is 14.4 Å². The largest absolute Gasteiger partial charge is 0.395 e. The van der Waals surface area contributed by atoms with Crippen LogP contribution in [0.1, 0.15) is 91.8 Å². The molecule has 2 aliphatic heterocycles. The summed E-state index contributed by atoms with van der Waals surface area (Å²) in [7, 11) is 0. The third kappa shape index (κ3) is 6.82. The Morgan fingerprint density at radius 2 is 1.83 bits per heavy atom. The van der Waals surface area contributed by atoms with Crippen molar-refractivity contribution >= 4 is 30.1 Å². The molecule has 1 spiro atoms. The molecule has 232 valence electrons. The van der Waals surface area contributed by atoms with Crippen molar-refractivity contribution < 1.29 is 19.5 Å². The first-order valence-electron chi connectivity index (χ1n) is 15.0. The van der Waals surface area contributed by atoms with E-state index in [1.807, 2.05) is 30.9 Å². The summed E-state index contributed by atoms with van der Waals surface area (Å²) in [6.07, 6.45) is 3.57. The average molecular weight is 603 g/mol. The van der Waals surface area contributed by atoms with Gasteiger partial charge in [0.15, 0.2) is 0 Å². The summed E-state index contributed by atoms with van der Waals surface area (Å²) < 4.78 is 0. The number of aromatic amines is 1. The maximum atomic E-state index is 13.7. The number of nitrogens with one attached hydrogen (secondary N) is 3. The predicted molar refractivity (Wildman–Crippen MR) is 165 cm³/mol. The van der Waals surface area contributed by atoms with Gasteiger partial charge in [-0.1, -0.05) is 39.3 Å². The van der Waals surface area contributed by atoms with Crippen LogP contribution in [0.5, 0.6) is 0 Å². The molecule has 0 saturated carbocycles. The summed E-state index contributed by atoms with van der Waals surface area (Å²) in [6, 6.07) is 6.96. The number of likely N-dealkylation sites (tertiary alicyclic amines) is 1. The van der Waals surface area contributed by atoms with Gasteiger partial charge in [-0.25, -0.2) is 0 Å². The first-order chi connectivity index (χ1) is 19.6. The number of carbonyl (C=O) groups is 3. The first-order valence-corrected chi connectivity index (χ1v) is 15.0. The number of amides is 3. The highest BCUT2D eigenvalue weighted by atomic mass is 35.5. The molecule has 1 aromatic heterocycles. The number of hydrogen-bond donors (Lipinski definition) is 4. The molecule has 3 amide bonds. The highest BCUT2D eigenvalue weighted by Gasteiger charge is 2.54. The summed E-state index contributed by atoms with van der Waals surface area (Å²) in [4.78, 5) is 44.1. The van der Waals surface area contributed by atoms with E-state index in [1.165, 1.54) is 0 Å². The summed E-state index contributed by atoms with van der Waals surface area (Å²) in [5.41, 5.74) is 3.68. The number of aliphatic hydroxyl groups is 1. The molecule has 11 heteroatoms. The van der Waals surface area contributed by atoms with Gasteiger partial charge in [0.25, 0.3) is 5.91 Å². The fourth-order valence-corrected chi connectivity index (χ4v) is 6.41. The van der Waals surface area contributed by atoms with Gasteiger partial charge < -0.3 is 20.6 Å². The average Bonchev–Trinajstić information content (AvgIpc) is 3.29. The van der Waals surface area contributed by atoms with Gasteiger partial charge in [0, 0.05) is 43.0 Å². The number of carbonyl (C=O) groups excluding carboxylic acids is 3. The van der Waals surface area contributed by atoms with Crippen LogP contribution in [0, 0.1) is 19.8 Å². The Balaban J connectivity index is 0.00000484. The van der Waals surface area contributed by atoms with Crippen LogP contribution in [-0.4, -0.2) is 87.2 Å². The van der Waals surface area contributed by atoms with Crippen molar-refractivity contribution in [3.05, 3.63) is 52.3 Å². The van der Waals surface area contributed by atoms with E-state index in [0.717, 1.165) is 35.4 Å². The molecule has 3 heterocycles. The Morgan fingerprint density at radius 1 is 1.17 bits per heavy atom. The number of halogens is 1. The fraction of sp³-hybridized carbons (Fsp3) is 0.613. The van der Waals surface area contributed by atoms with Gasteiger partial charge in [-0.05, 0) is 63.1 Å². The van der Waals surface area contributed by atoms with E-state index in [1.54, 1.807) is 12.1 Å². The van der Waals surface area contributed by atoms with E-state index >= 15 is 0 Å². The lowest BCUT2D eigenvalue weighted by molar-refractivity contribution is -0.162. The van der Waals surface area contributed by atoms with Crippen LogP contribution in [0.25, 0.3) is 0 Å². The van der Waals surface area contributed by atoms with Gasteiger partial charge in [0.1, 0.15) is 11.6 Å². The molecule has 2 aliphatic rings. The van der Waals surface area contributed by atoms with Crippen LogP contribution < -0.4 is 10.6 Å². The van der Waals surface area contributed by atoms with Crippen LogP contribution in [0.3, 0.4) is 0 Å². The topological polar surface area (TPSA) is 131 Å². The van der Waals surface area contributed by atoms with Crippen LogP contribution in [0.2, 0.25) is 0 Å². The molecule has 42 heavy (non-hydrogen) atoms. The number of piperidine rings is 1. The van der Waals surface area contributed by atoms with Gasteiger partial charge in [-0.15, -0.1) is 12.4 Å². The number of piperazine rings is 1. The van der Waals surface area contributed by atoms with Crippen molar-refractivity contribution in [3.63, 3.8) is 0 Å². The van der Waals surface area contributed by atoms with E-state index in [2.05, 4.69) is 46.5 Å². The fourth-order valence-electron chi connectivity index (χ4n) is 6.41. The van der Waals surface area contributed by atoms with Crippen LogP contribution in [0.4, 0.5) is 0 Å². The zero-order valence-corrected chi connectivity index (χ0v) is 26.4. The second-order valence-electron chi connectivity index (χ2n) is 11.9. The highest BCUT2D eigenvalue weighted by molar-refractivity contribution is 6.00. The number of benzene rings is 1. The quantitative estimate of drug-likeness (QED) is 0.312. The molecule has 4 N–H and O–H groups in total. The van der Waals surface area contributed by atoms with E-state index in [0.29, 0.717) is 50.4 Å². The molecule has 2 saturated heterocycles. The molecule has 1 aromatic carbocycles. The van der Waals surface area contributed by atoms with Crippen LogP contribution >= 0.6 is 12.4 Å². The third-order valence-corrected chi connectivity index (χ3v) is 8.59. The Labute approximate surface area is 255 Å². The molecule has 10 nitrogen and oxygen atoms in total. The maximum absolute atomic E-state index is 13.7. The monoisotopic (exact) mass is 602 g/mol. The van der Waals surface area contributed by atoms with Gasteiger partial charge in [-0.2, -0.15) is 5.10 Å². The Morgan fingerprint density at radius 3 is 2.38 bits per heavy atom. The number of H-pyrrole nitrogens is 1. The summed E-state index contributed by atoms with van der Waals surface area (Å²) in [5.74, 6) is 0.105. The SMILES string of the molecule is CCCCN1C(=O)[C@H](CC(C)C)NC(=O)C12CCN(C(c1ccc(C(=O)NCCO)cc1)c1c(C)n[nH]c1C)CC2.Cl. The second kappa shape index (κ2) is 14.5. The van der Waals surface area contributed by atoms with Crippen molar-refractivity contribution in [3.8, 4) is 0 Å². The Hall–Kier alpha value is -2.95. The molecular weight excluding hydrogens is 556 g/mol. The molecule has 0 bridgehead atoms. The number of aryl methyl sites for hydroxylation is 2. The highest BCUT2D eigenvalue weighted by Crippen LogP contribution is 2.40. The summed E-state index contributed by atoms with van der Waals surface area (Å²) in [6.45, 7) is 12.2. The lowest BCUT2D eigenvalue weighted by Crippen LogP contribution is -2.73. The molecule has 2 aromatic rings. The minimum Gasteiger partial charge on any atom is -0.395 e. The third-order valence-electron chi connectivity index (χ3n) is 8.59. The molecule has 0 aliphatic carbocycles. The van der Waals surface area contributed by atoms with Gasteiger partial charge in [0.05, 0.1) is 18.3 Å². The van der Waals surface area contributed by atoms with Crippen molar-refractivity contribution in [2.45, 2.75) is 84.3 Å². The van der Waals surface area contributed by atoms with E-state index < -0.39 is 11.6 Å². The van der Waals surface area contributed by atoms with Gasteiger partial charge in [-0.3, -0.25) is 24.4 Å². The Kier molecular flexibility index (Phi) is 11.6. The molecule has 2 atom stereocenters. The standard InChI is InChI=1S/C31H46N6O4.ClH/c1-6-7-15-37-29(40)25(19-20(2)3)33-30(41)31(37)12-16-36(17-13-31)27(26-21(4)34-35-22(26)5)23-8-10-24(11-9-23)28(39)32-14-18-38;/h8-11,20,25,27,38H,6-7,12-19H2,1-5H3,(H,32,39)(H,33,41)(H,34,35);1H/t25-,27?;/m0./s1. The van der Waals surface area contributed by atoms with Crippen molar-refractivity contribution in [2.75, 3.05) is 32.8 Å². The minimum absolute atomic E-state index is 0. The van der Waals surface area contributed by atoms with Crippen LogP contribution in [-0.2, 0) is 9.59 Å². The zero-order chi connectivity index (χ0) is 29.7. The summed E-state index contributed by atoms with van der Waals surface area (Å²) in [5, 5.41) is 22.4. The number of aliphatic hydroxyl groups excluding tert-OH is 1. The first kappa shape index (κ1) is 33.6. The smallest absolute Gasteiger partial charge is 0.251 e. The van der Waals surface area contributed by atoms with E-state index in [-0.39, 0.29) is 49.3 Å². The molecule has 0 radical (unpaired) electrons. The molecular formula is C31H47ClN6O4. The van der Waals surface area contributed by atoms with Gasteiger partial charge >= 0.3 is 0 Å². The number of hydrogen-bond acceptors (Lipinski definition) is 6. The van der Waals surface area contributed by atoms with Gasteiger partial charge in [0.2, 0.25) is 11.8 Å². The molecule has 4 rings (SSSR count). The molecule has 1 unspecified atom stereocenters. The lowest BCUT2D eigenvalue weighted by Gasteiger charge is -2.52. The van der Waals surface area contributed by atoms with Crippen molar-refractivity contribution in [1.29, 1.82) is 0 Å². The van der Waals surface area contributed by atoms with Crippen molar-refractivity contribution in [1.82, 2.24) is 30.6 Å². The zero-order valence-electron chi connectivity index (χ0n) is 25.5. The minimum atomic E-state index is -0.837. The second-order valence-corrected chi connectivity index (χ2v) is 11.9. The van der Waals surface area contributed by atoms with E-state index in [4.69, 9.17) is 5.11 Å².